The molecule has 5 heteroatoms. The van der Waals surface area contributed by atoms with Crippen molar-refractivity contribution in [1.29, 1.82) is 0 Å². The van der Waals surface area contributed by atoms with Crippen LogP contribution in [0.15, 0.2) is 47.1 Å². The molecule has 1 aliphatic heterocycles. The Kier molecular flexibility index (Phi) is 2.70. The van der Waals surface area contributed by atoms with Gasteiger partial charge in [-0.05, 0) is 42.8 Å². The minimum Gasteiger partial charge on any atom is -0.497 e. The van der Waals surface area contributed by atoms with Crippen LogP contribution in [0.2, 0.25) is 0 Å². The third-order valence-electron chi connectivity index (χ3n) is 3.72. The standard InChI is InChI=1S/C16H15N3O2/c1-20-12-6-4-11(5-7-12)19-16-13(8-9-17-16)15(18-19)14-3-2-10-21-14/h2-7,10,17H,8-9H2,1H3. The van der Waals surface area contributed by atoms with Crippen LogP contribution >= 0.6 is 0 Å². The molecule has 0 aliphatic carbocycles. The zero-order valence-corrected chi connectivity index (χ0v) is 11.7. The normalized spacial score (nSPS) is 13.0. The molecule has 106 valence electrons. The van der Waals surface area contributed by atoms with Crippen molar-refractivity contribution >= 4 is 5.82 Å². The van der Waals surface area contributed by atoms with Gasteiger partial charge >= 0.3 is 0 Å². The van der Waals surface area contributed by atoms with Crippen LogP contribution in [0.5, 0.6) is 5.75 Å². The lowest BCUT2D eigenvalue weighted by molar-refractivity contribution is 0.414. The van der Waals surface area contributed by atoms with E-state index < -0.39 is 0 Å². The topological polar surface area (TPSA) is 52.2 Å². The van der Waals surface area contributed by atoms with Crippen molar-refractivity contribution in [1.82, 2.24) is 9.78 Å². The van der Waals surface area contributed by atoms with E-state index in [0.29, 0.717) is 0 Å². The van der Waals surface area contributed by atoms with Crippen molar-refractivity contribution in [2.45, 2.75) is 6.42 Å². The second-order valence-electron chi connectivity index (χ2n) is 4.94. The van der Waals surface area contributed by atoms with E-state index in [9.17, 15) is 0 Å². The Morgan fingerprint density at radius 1 is 1.24 bits per heavy atom. The smallest absolute Gasteiger partial charge is 0.154 e. The number of hydrogen-bond donors (Lipinski definition) is 1. The summed E-state index contributed by atoms with van der Waals surface area (Å²) in [6.45, 7) is 0.928. The Morgan fingerprint density at radius 2 is 2.10 bits per heavy atom. The molecule has 0 atom stereocenters. The molecule has 4 rings (SSSR count). The summed E-state index contributed by atoms with van der Waals surface area (Å²) in [5.41, 5.74) is 3.12. The molecule has 0 saturated carbocycles. The van der Waals surface area contributed by atoms with Gasteiger partial charge in [0.05, 0.1) is 19.1 Å². The number of methoxy groups -OCH3 is 1. The molecule has 1 aliphatic rings. The Labute approximate surface area is 122 Å². The molecule has 0 spiro atoms. The van der Waals surface area contributed by atoms with Crippen LogP contribution in [0, 0.1) is 0 Å². The number of rotatable bonds is 3. The van der Waals surface area contributed by atoms with E-state index in [-0.39, 0.29) is 0 Å². The van der Waals surface area contributed by atoms with E-state index in [0.717, 1.165) is 41.7 Å². The molecule has 0 bridgehead atoms. The Morgan fingerprint density at radius 3 is 2.81 bits per heavy atom. The fraction of sp³-hybridized carbons (Fsp3) is 0.188. The van der Waals surface area contributed by atoms with Gasteiger partial charge in [-0.2, -0.15) is 5.10 Å². The number of hydrogen-bond acceptors (Lipinski definition) is 4. The summed E-state index contributed by atoms with van der Waals surface area (Å²) < 4.78 is 12.6. The second-order valence-corrected chi connectivity index (χ2v) is 4.94. The molecule has 2 aromatic heterocycles. The van der Waals surface area contributed by atoms with E-state index in [4.69, 9.17) is 14.3 Å². The van der Waals surface area contributed by atoms with Crippen LogP contribution in [0.4, 0.5) is 5.82 Å². The Balaban J connectivity index is 1.84. The number of nitrogens with one attached hydrogen (secondary N) is 1. The third kappa shape index (κ3) is 1.89. The van der Waals surface area contributed by atoms with Gasteiger partial charge in [0.1, 0.15) is 17.3 Å². The van der Waals surface area contributed by atoms with Crippen molar-refractivity contribution in [2.75, 3.05) is 19.0 Å². The maximum atomic E-state index is 5.51. The first-order valence-corrected chi connectivity index (χ1v) is 6.91. The predicted molar refractivity (Wildman–Crippen MR) is 80.0 cm³/mol. The molecule has 0 fully saturated rings. The fourth-order valence-corrected chi connectivity index (χ4v) is 2.70. The number of fused-ring (bicyclic) bond motifs is 1. The molecule has 21 heavy (non-hydrogen) atoms. The minimum absolute atomic E-state index is 0.808. The quantitative estimate of drug-likeness (QED) is 0.801. The zero-order chi connectivity index (χ0) is 14.2. The van der Waals surface area contributed by atoms with E-state index in [2.05, 4.69) is 5.32 Å². The summed E-state index contributed by atoms with van der Waals surface area (Å²) >= 11 is 0. The molecule has 3 aromatic rings. The fourth-order valence-electron chi connectivity index (χ4n) is 2.70. The van der Waals surface area contributed by atoms with E-state index >= 15 is 0 Å². The lowest BCUT2D eigenvalue weighted by atomic mass is 10.2. The van der Waals surface area contributed by atoms with Gasteiger partial charge in [-0.15, -0.1) is 0 Å². The highest BCUT2D eigenvalue weighted by Gasteiger charge is 2.25. The molecule has 0 amide bonds. The van der Waals surface area contributed by atoms with Crippen molar-refractivity contribution < 1.29 is 9.15 Å². The average Bonchev–Trinajstić information content (AvgIpc) is 3.24. The van der Waals surface area contributed by atoms with Gasteiger partial charge in [-0.1, -0.05) is 0 Å². The monoisotopic (exact) mass is 281 g/mol. The summed E-state index contributed by atoms with van der Waals surface area (Å²) in [6.07, 6.45) is 2.64. The number of ether oxygens (including phenoxy) is 1. The van der Waals surface area contributed by atoms with Crippen LogP contribution in [-0.2, 0) is 6.42 Å². The molecule has 3 heterocycles. The average molecular weight is 281 g/mol. The summed E-state index contributed by atoms with van der Waals surface area (Å²) in [7, 11) is 1.66. The van der Waals surface area contributed by atoms with Crippen LogP contribution in [0.3, 0.4) is 0 Å². The van der Waals surface area contributed by atoms with Gasteiger partial charge in [0.25, 0.3) is 0 Å². The first-order valence-electron chi connectivity index (χ1n) is 6.91. The number of benzene rings is 1. The van der Waals surface area contributed by atoms with Crippen LogP contribution in [0.25, 0.3) is 17.1 Å². The SMILES string of the molecule is COc1ccc(-n2nc(-c3ccco3)c3c2NCC3)cc1. The maximum Gasteiger partial charge on any atom is 0.154 e. The number of anilines is 1. The molecule has 0 radical (unpaired) electrons. The van der Waals surface area contributed by atoms with Gasteiger partial charge < -0.3 is 14.5 Å². The van der Waals surface area contributed by atoms with Gasteiger partial charge in [0.15, 0.2) is 5.76 Å². The maximum absolute atomic E-state index is 5.51. The van der Waals surface area contributed by atoms with E-state index in [1.807, 2.05) is 41.1 Å². The lowest BCUT2D eigenvalue weighted by Gasteiger charge is -2.07. The largest absolute Gasteiger partial charge is 0.497 e. The van der Waals surface area contributed by atoms with Gasteiger partial charge in [0.2, 0.25) is 0 Å². The summed E-state index contributed by atoms with van der Waals surface area (Å²) in [4.78, 5) is 0. The number of nitrogens with zero attached hydrogens (tertiary/aromatic N) is 2. The van der Waals surface area contributed by atoms with Gasteiger partial charge in [0, 0.05) is 12.1 Å². The number of aromatic nitrogens is 2. The summed E-state index contributed by atoms with van der Waals surface area (Å²) in [5.74, 6) is 2.69. The Hall–Kier alpha value is -2.69. The lowest BCUT2D eigenvalue weighted by Crippen LogP contribution is -2.04. The van der Waals surface area contributed by atoms with Crippen molar-refractivity contribution in [2.24, 2.45) is 0 Å². The molecule has 0 unspecified atom stereocenters. The van der Waals surface area contributed by atoms with Gasteiger partial charge in [-0.3, -0.25) is 0 Å². The molecule has 1 N–H and O–H groups in total. The van der Waals surface area contributed by atoms with Crippen molar-refractivity contribution in [3.8, 4) is 22.9 Å². The van der Waals surface area contributed by atoms with Crippen LogP contribution < -0.4 is 10.1 Å². The second kappa shape index (κ2) is 4.70. The highest BCUT2D eigenvalue weighted by atomic mass is 16.5. The number of furan rings is 1. The molecule has 0 saturated heterocycles. The predicted octanol–water partition coefficient (Wildman–Crippen LogP) is 3.11. The third-order valence-corrected chi connectivity index (χ3v) is 3.72. The minimum atomic E-state index is 0.808. The molecular formula is C16H15N3O2. The van der Waals surface area contributed by atoms with Crippen LogP contribution in [0.1, 0.15) is 5.56 Å². The molecular weight excluding hydrogens is 266 g/mol. The molecule has 1 aromatic carbocycles. The summed E-state index contributed by atoms with van der Waals surface area (Å²) in [6, 6.07) is 11.7. The van der Waals surface area contributed by atoms with Crippen molar-refractivity contribution in [3.63, 3.8) is 0 Å². The van der Waals surface area contributed by atoms with E-state index in [1.165, 1.54) is 5.56 Å². The van der Waals surface area contributed by atoms with Crippen molar-refractivity contribution in [3.05, 3.63) is 48.2 Å². The first-order chi connectivity index (χ1) is 10.4. The van der Waals surface area contributed by atoms with Gasteiger partial charge in [-0.25, -0.2) is 4.68 Å². The zero-order valence-electron chi connectivity index (χ0n) is 11.7. The first kappa shape index (κ1) is 12.1. The van der Waals surface area contributed by atoms with E-state index in [1.54, 1.807) is 13.4 Å². The Bertz CT molecular complexity index is 758. The van der Waals surface area contributed by atoms with Crippen LogP contribution in [-0.4, -0.2) is 23.4 Å². The summed E-state index contributed by atoms with van der Waals surface area (Å²) in [5, 5.41) is 8.13. The molecule has 5 nitrogen and oxygen atoms in total. The highest BCUT2D eigenvalue weighted by Crippen LogP contribution is 2.34. The highest BCUT2D eigenvalue weighted by molar-refractivity contribution is 5.69.